The minimum Gasteiger partial charge on any atom is -0.468 e. The van der Waals surface area contributed by atoms with E-state index in [2.05, 4.69) is 4.90 Å². The Morgan fingerprint density at radius 1 is 1.20 bits per heavy atom. The van der Waals surface area contributed by atoms with Gasteiger partial charge in [-0.15, -0.1) is 0 Å². The largest absolute Gasteiger partial charge is 0.468 e. The standard InChI is InChI=1S/C33H33F2N5O5/c1-18-7-10-40(18)30-27-28(37-32(38-30)43-16-33-8-4-9-39(33)15-21(34)13-33)19(2)29(45-31(27)41)23-12-22(44-17-42-3)11-20-5-6-25(35)24(14-36)26(20)23/h5-6,11-12,18,21H,4,7-10,13,15-17H2,1-3H3/t18-,21-,33+/m1/s1. The van der Waals surface area contributed by atoms with Crippen LogP contribution < -0.4 is 20.0 Å². The predicted molar refractivity (Wildman–Crippen MR) is 163 cm³/mol. The molecule has 0 aliphatic carbocycles. The second-order valence-electron chi connectivity index (χ2n) is 12.2. The number of benzene rings is 2. The van der Waals surface area contributed by atoms with E-state index in [1.54, 1.807) is 19.1 Å². The molecule has 5 heterocycles. The van der Waals surface area contributed by atoms with E-state index in [9.17, 15) is 18.8 Å². The Hall–Kier alpha value is -4.34. The molecule has 45 heavy (non-hydrogen) atoms. The van der Waals surface area contributed by atoms with Crippen LogP contribution in [0.15, 0.2) is 33.5 Å². The average molecular weight is 618 g/mol. The number of methoxy groups -OCH3 is 1. The third kappa shape index (κ3) is 4.85. The van der Waals surface area contributed by atoms with E-state index in [0.29, 0.717) is 53.1 Å². The van der Waals surface area contributed by atoms with Crippen LogP contribution in [-0.2, 0) is 4.74 Å². The van der Waals surface area contributed by atoms with Gasteiger partial charge in [0.1, 0.15) is 41.6 Å². The van der Waals surface area contributed by atoms with Crippen LogP contribution in [0.3, 0.4) is 0 Å². The fraction of sp³-hybridized carbons (Fsp3) is 0.455. The molecule has 3 saturated heterocycles. The third-order valence-electron chi connectivity index (χ3n) is 9.53. The number of hydrogen-bond acceptors (Lipinski definition) is 10. The number of halogens is 2. The van der Waals surface area contributed by atoms with Gasteiger partial charge in [-0.1, -0.05) is 6.07 Å². The van der Waals surface area contributed by atoms with Gasteiger partial charge in [0, 0.05) is 49.2 Å². The Bertz CT molecular complexity index is 1930. The van der Waals surface area contributed by atoms with Gasteiger partial charge in [-0.3, -0.25) is 4.90 Å². The van der Waals surface area contributed by atoms with Crippen LogP contribution in [0.4, 0.5) is 14.6 Å². The minimum atomic E-state index is -0.903. The second-order valence-corrected chi connectivity index (χ2v) is 12.2. The van der Waals surface area contributed by atoms with Crippen molar-refractivity contribution in [2.75, 3.05) is 45.0 Å². The van der Waals surface area contributed by atoms with Crippen molar-refractivity contribution in [3.05, 3.63) is 51.6 Å². The molecule has 12 heteroatoms. The molecular weight excluding hydrogens is 584 g/mol. The molecule has 7 rings (SSSR count). The molecule has 0 N–H and O–H groups in total. The van der Waals surface area contributed by atoms with E-state index >= 15 is 0 Å². The molecule has 0 radical (unpaired) electrons. The first-order valence-electron chi connectivity index (χ1n) is 15.2. The summed E-state index contributed by atoms with van der Waals surface area (Å²) in [5.41, 5.74) is -0.164. The SMILES string of the molecule is COCOc1cc(-c2oc(=O)c3c(N4CC[C@H]4C)nc(OC[C@@]45CCCN4C[C@H](F)C5)nc3c2C)c2c(C#N)c(F)ccc2c1. The molecular formula is C33H33F2N5O5. The maximum absolute atomic E-state index is 14.9. The average Bonchev–Trinajstić information content (AvgIpc) is 3.55. The summed E-state index contributed by atoms with van der Waals surface area (Å²) in [4.78, 5) is 27.4. The highest BCUT2D eigenvalue weighted by Crippen LogP contribution is 2.42. The first-order chi connectivity index (χ1) is 21.7. The van der Waals surface area contributed by atoms with E-state index in [-0.39, 0.29) is 47.5 Å². The number of anilines is 1. The number of ether oxygens (including phenoxy) is 3. The molecule has 234 valence electrons. The maximum atomic E-state index is 14.9. The van der Waals surface area contributed by atoms with Gasteiger partial charge in [-0.25, -0.2) is 13.6 Å². The lowest BCUT2D eigenvalue weighted by molar-refractivity contribution is 0.0512. The van der Waals surface area contributed by atoms with Crippen molar-refractivity contribution >= 4 is 27.5 Å². The summed E-state index contributed by atoms with van der Waals surface area (Å²) in [7, 11) is 1.49. The quantitative estimate of drug-likeness (QED) is 0.243. The highest BCUT2D eigenvalue weighted by molar-refractivity contribution is 6.03. The second kappa shape index (κ2) is 11.2. The summed E-state index contributed by atoms with van der Waals surface area (Å²) in [6, 6.07) is 8.20. The van der Waals surface area contributed by atoms with Gasteiger partial charge in [0.15, 0.2) is 12.6 Å². The van der Waals surface area contributed by atoms with Crippen LogP contribution in [0, 0.1) is 24.1 Å². The first kappa shape index (κ1) is 29.4. The monoisotopic (exact) mass is 617 g/mol. The molecule has 2 aromatic heterocycles. The summed E-state index contributed by atoms with van der Waals surface area (Å²) in [5, 5.41) is 10.9. The first-order valence-corrected chi connectivity index (χ1v) is 15.2. The van der Waals surface area contributed by atoms with Crippen molar-refractivity contribution < 1.29 is 27.4 Å². The van der Waals surface area contributed by atoms with Crippen molar-refractivity contribution in [3.8, 4) is 29.2 Å². The predicted octanol–water partition coefficient (Wildman–Crippen LogP) is 5.26. The molecule has 10 nitrogen and oxygen atoms in total. The topological polar surface area (TPSA) is 114 Å². The molecule has 0 spiro atoms. The molecule has 3 atom stereocenters. The van der Waals surface area contributed by atoms with Gasteiger partial charge in [0.05, 0.1) is 16.6 Å². The Morgan fingerprint density at radius 3 is 2.78 bits per heavy atom. The van der Waals surface area contributed by atoms with Crippen LogP contribution in [0.1, 0.15) is 43.7 Å². The summed E-state index contributed by atoms with van der Waals surface area (Å²) >= 11 is 0. The van der Waals surface area contributed by atoms with Crippen LogP contribution >= 0.6 is 0 Å². The van der Waals surface area contributed by atoms with Crippen molar-refractivity contribution in [1.82, 2.24) is 14.9 Å². The Balaban J connectivity index is 1.41. The summed E-state index contributed by atoms with van der Waals surface area (Å²) in [6.07, 6.45) is 2.23. The maximum Gasteiger partial charge on any atom is 0.349 e. The molecule has 0 bridgehead atoms. The number of fused-ring (bicyclic) bond motifs is 3. The van der Waals surface area contributed by atoms with Gasteiger partial charge < -0.3 is 23.5 Å². The van der Waals surface area contributed by atoms with Gasteiger partial charge in [-0.2, -0.15) is 15.2 Å². The highest BCUT2D eigenvalue weighted by Gasteiger charge is 2.49. The molecule has 0 saturated carbocycles. The Kier molecular flexibility index (Phi) is 7.33. The van der Waals surface area contributed by atoms with Crippen molar-refractivity contribution in [3.63, 3.8) is 0 Å². The van der Waals surface area contributed by atoms with Gasteiger partial charge in [0.2, 0.25) is 0 Å². The fourth-order valence-corrected chi connectivity index (χ4v) is 7.14. The number of alkyl halides is 1. The molecule has 4 aromatic rings. The number of aryl methyl sites for hydroxylation is 1. The Morgan fingerprint density at radius 2 is 2.04 bits per heavy atom. The van der Waals surface area contributed by atoms with Gasteiger partial charge >= 0.3 is 11.6 Å². The molecule has 3 aliphatic rings. The fourth-order valence-electron chi connectivity index (χ4n) is 7.14. The van der Waals surface area contributed by atoms with E-state index in [0.717, 1.165) is 25.8 Å². The van der Waals surface area contributed by atoms with Crippen LogP contribution in [0.2, 0.25) is 0 Å². The molecule has 0 unspecified atom stereocenters. The summed E-state index contributed by atoms with van der Waals surface area (Å²) in [6.45, 7) is 5.90. The molecule has 2 aromatic carbocycles. The zero-order valence-electron chi connectivity index (χ0n) is 25.4. The van der Waals surface area contributed by atoms with E-state index in [1.807, 2.05) is 17.9 Å². The lowest BCUT2D eigenvalue weighted by atomic mass is 9.95. The van der Waals surface area contributed by atoms with Crippen molar-refractivity contribution in [1.29, 1.82) is 5.26 Å². The van der Waals surface area contributed by atoms with Crippen LogP contribution in [-0.4, -0.2) is 72.8 Å². The van der Waals surface area contributed by atoms with E-state index < -0.39 is 23.2 Å². The lowest BCUT2D eigenvalue weighted by Crippen LogP contribution is -2.47. The zero-order chi connectivity index (χ0) is 31.5. The zero-order valence-corrected chi connectivity index (χ0v) is 25.4. The number of nitriles is 1. The number of nitrogens with zero attached hydrogens (tertiary/aromatic N) is 5. The number of hydrogen-bond donors (Lipinski definition) is 0. The van der Waals surface area contributed by atoms with Gasteiger partial charge in [0.25, 0.3) is 0 Å². The van der Waals surface area contributed by atoms with E-state index in [4.69, 9.17) is 28.6 Å². The minimum absolute atomic E-state index is 0.0503. The lowest BCUT2D eigenvalue weighted by Gasteiger charge is -2.40. The third-order valence-corrected chi connectivity index (χ3v) is 9.53. The molecule has 0 amide bonds. The summed E-state index contributed by atoms with van der Waals surface area (Å²) < 4.78 is 52.4. The molecule has 3 aliphatic heterocycles. The van der Waals surface area contributed by atoms with Crippen molar-refractivity contribution in [2.45, 2.75) is 57.3 Å². The Labute approximate surface area is 258 Å². The summed E-state index contributed by atoms with van der Waals surface area (Å²) in [5.74, 6) is 0.208. The smallest absolute Gasteiger partial charge is 0.349 e. The van der Waals surface area contributed by atoms with Gasteiger partial charge in [-0.05, 0) is 63.2 Å². The highest BCUT2D eigenvalue weighted by atomic mass is 19.1. The normalized spacial score (nSPS) is 22.9. The number of aromatic nitrogens is 2. The van der Waals surface area contributed by atoms with Crippen molar-refractivity contribution in [2.24, 2.45) is 0 Å². The number of rotatable bonds is 8. The van der Waals surface area contributed by atoms with E-state index in [1.165, 1.54) is 19.2 Å². The molecule has 3 fully saturated rings. The van der Waals surface area contributed by atoms with Crippen LogP contribution in [0.25, 0.3) is 33.0 Å². The van der Waals surface area contributed by atoms with Crippen LogP contribution in [0.5, 0.6) is 11.8 Å².